The van der Waals surface area contributed by atoms with Crippen LogP contribution in [-0.2, 0) is 5.41 Å². The minimum atomic E-state index is -0.245. The van der Waals surface area contributed by atoms with Gasteiger partial charge in [-0.2, -0.15) is 0 Å². The van der Waals surface area contributed by atoms with Gasteiger partial charge in [0, 0.05) is 24.8 Å². The van der Waals surface area contributed by atoms with E-state index in [0.29, 0.717) is 18.6 Å². The number of nitrogens with two attached hydrogens (primary N) is 1. The molecule has 0 saturated carbocycles. The zero-order chi connectivity index (χ0) is 17.6. The van der Waals surface area contributed by atoms with Crippen LogP contribution in [0.1, 0.15) is 45.4 Å². The summed E-state index contributed by atoms with van der Waals surface area (Å²) in [6.07, 6.45) is 2.83. The first-order chi connectivity index (χ1) is 11.5. The fourth-order valence-corrected chi connectivity index (χ4v) is 3.58. The van der Waals surface area contributed by atoms with Crippen molar-refractivity contribution in [3.05, 3.63) is 66.0 Å². The van der Waals surface area contributed by atoms with Gasteiger partial charge in [0.1, 0.15) is 0 Å². The van der Waals surface area contributed by atoms with Crippen LogP contribution in [0.5, 0.6) is 0 Å². The molecule has 3 heteroatoms. The molecule has 0 bridgehead atoms. The Morgan fingerprint density at radius 3 is 2.08 bits per heavy atom. The van der Waals surface area contributed by atoms with Gasteiger partial charge in [-0.3, -0.25) is 9.88 Å². The lowest BCUT2D eigenvalue weighted by molar-refractivity contribution is 0.161. The molecule has 130 valence electrons. The van der Waals surface area contributed by atoms with E-state index in [4.69, 9.17) is 5.73 Å². The number of hydrogen-bond donors (Lipinski definition) is 1. The van der Waals surface area contributed by atoms with Crippen molar-refractivity contribution in [2.24, 2.45) is 5.73 Å². The van der Waals surface area contributed by atoms with Crippen molar-refractivity contribution in [1.82, 2.24) is 9.88 Å². The van der Waals surface area contributed by atoms with Crippen LogP contribution in [-0.4, -0.2) is 35.1 Å². The number of hydrogen-bond acceptors (Lipinski definition) is 3. The summed E-state index contributed by atoms with van der Waals surface area (Å²) >= 11 is 0. The maximum atomic E-state index is 6.35. The molecular formula is C21H31N3. The van der Waals surface area contributed by atoms with Gasteiger partial charge in [0.25, 0.3) is 0 Å². The van der Waals surface area contributed by atoms with Gasteiger partial charge < -0.3 is 5.73 Å². The molecule has 0 amide bonds. The molecule has 0 aliphatic heterocycles. The van der Waals surface area contributed by atoms with Crippen LogP contribution in [0.2, 0.25) is 0 Å². The van der Waals surface area contributed by atoms with Gasteiger partial charge in [0.05, 0.1) is 11.1 Å². The Labute approximate surface area is 146 Å². The van der Waals surface area contributed by atoms with E-state index in [-0.39, 0.29) is 5.41 Å². The van der Waals surface area contributed by atoms with Crippen LogP contribution in [0.3, 0.4) is 0 Å². The summed E-state index contributed by atoms with van der Waals surface area (Å²) < 4.78 is 0. The van der Waals surface area contributed by atoms with Gasteiger partial charge in [-0.05, 0) is 58.4 Å². The molecule has 0 aliphatic rings. The van der Waals surface area contributed by atoms with Crippen LogP contribution in [0.4, 0.5) is 0 Å². The topological polar surface area (TPSA) is 42.1 Å². The average molecular weight is 326 g/mol. The molecule has 1 heterocycles. The molecule has 2 rings (SSSR count). The lowest BCUT2D eigenvalue weighted by Gasteiger charge is -2.37. The normalized spacial score (nSPS) is 14.3. The summed E-state index contributed by atoms with van der Waals surface area (Å²) in [7, 11) is 0. The molecular weight excluding hydrogens is 294 g/mol. The van der Waals surface area contributed by atoms with E-state index in [1.165, 1.54) is 5.56 Å². The molecule has 0 spiro atoms. The van der Waals surface area contributed by atoms with Crippen molar-refractivity contribution in [3.8, 4) is 0 Å². The van der Waals surface area contributed by atoms with Gasteiger partial charge in [-0.15, -0.1) is 0 Å². The molecule has 0 saturated heterocycles. The molecule has 2 aromatic rings. The third-order valence-corrected chi connectivity index (χ3v) is 4.95. The third kappa shape index (κ3) is 4.03. The molecule has 2 N–H and O–H groups in total. The maximum Gasteiger partial charge on any atom is 0.0522 e. The molecule has 1 unspecified atom stereocenters. The monoisotopic (exact) mass is 325 g/mol. The smallest absolute Gasteiger partial charge is 0.0522 e. The fourth-order valence-electron chi connectivity index (χ4n) is 3.58. The van der Waals surface area contributed by atoms with E-state index >= 15 is 0 Å². The number of rotatable bonds is 8. The highest BCUT2D eigenvalue weighted by molar-refractivity contribution is 5.36. The second kappa shape index (κ2) is 8.41. The van der Waals surface area contributed by atoms with E-state index in [1.54, 1.807) is 0 Å². The average Bonchev–Trinajstić information content (AvgIpc) is 2.60. The summed E-state index contributed by atoms with van der Waals surface area (Å²) in [5.74, 6) is 0. The summed E-state index contributed by atoms with van der Waals surface area (Å²) in [4.78, 5) is 7.19. The highest BCUT2D eigenvalue weighted by Crippen LogP contribution is 2.34. The second-order valence-electron chi connectivity index (χ2n) is 7.04. The second-order valence-corrected chi connectivity index (χ2v) is 7.04. The first-order valence-electron chi connectivity index (χ1n) is 8.94. The lowest BCUT2D eigenvalue weighted by atomic mass is 9.74. The molecule has 0 fully saturated rings. The molecule has 0 radical (unpaired) electrons. The zero-order valence-electron chi connectivity index (χ0n) is 15.4. The van der Waals surface area contributed by atoms with Crippen molar-refractivity contribution in [3.63, 3.8) is 0 Å². The van der Waals surface area contributed by atoms with E-state index in [1.807, 2.05) is 12.3 Å². The standard InChI is InChI=1S/C21H31N3/c1-17(2)24(18(3)4)15-13-21(16-22,19-10-6-5-7-11-19)20-12-8-9-14-23-20/h5-12,14,17-18H,13,15-16,22H2,1-4H3. The van der Waals surface area contributed by atoms with Crippen molar-refractivity contribution >= 4 is 0 Å². The van der Waals surface area contributed by atoms with E-state index in [9.17, 15) is 0 Å². The van der Waals surface area contributed by atoms with Crippen molar-refractivity contribution in [1.29, 1.82) is 0 Å². The van der Waals surface area contributed by atoms with Gasteiger partial charge in [0.2, 0.25) is 0 Å². The van der Waals surface area contributed by atoms with Crippen LogP contribution < -0.4 is 5.73 Å². The van der Waals surface area contributed by atoms with E-state index in [0.717, 1.165) is 18.7 Å². The Balaban J connectivity index is 2.40. The first kappa shape index (κ1) is 18.6. The summed E-state index contributed by atoms with van der Waals surface area (Å²) in [5, 5.41) is 0. The Morgan fingerprint density at radius 2 is 1.58 bits per heavy atom. The summed E-state index contributed by atoms with van der Waals surface area (Å²) in [6, 6.07) is 17.7. The maximum absolute atomic E-state index is 6.35. The van der Waals surface area contributed by atoms with Crippen LogP contribution in [0.25, 0.3) is 0 Å². The van der Waals surface area contributed by atoms with Gasteiger partial charge in [-0.1, -0.05) is 36.4 Å². The van der Waals surface area contributed by atoms with Gasteiger partial charge >= 0.3 is 0 Å². The fraction of sp³-hybridized carbons (Fsp3) is 0.476. The predicted octanol–water partition coefficient (Wildman–Crippen LogP) is 3.84. The Hall–Kier alpha value is -1.71. The number of nitrogens with zero attached hydrogens (tertiary/aromatic N) is 2. The molecule has 1 aromatic carbocycles. The molecule has 3 nitrogen and oxygen atoms in total. The number of aromatic nitrogens is 1. The van der Waals surface area contributed by atoms with Crippen molar-refractivity contribution < 1.29 is 0 Å². The molecule has 24 heavy (non-hydrogen) atoms. The summed E-state index contributed by atoms with van der Waals surface area (Å²) in [5.41, 5.74) is 8.42. The van der Waals surface area contributed by atoms with Crippen LogP contribution in [0.15, 0.2) is 54.7 Å². The van der Waals surface area contributed by atoms with E-state index in [2.05, 4.69) is 80.0 Å². The highest BCUT2D eigenvalue weighted by Gasteiger charge is 2.35. The van der Waals surface area contributed by atoms with Crippen molar-refractivity contribution in [2.75, 3.05) is 13.1 Å². The Kier molecular flexibility index (Phi) is 6.52. The Bertz CT molecular complexity index is 545. The minimum Gasteiger partial charge on any atom is -0.329 e. The summed E-state index contributed by atoms with van der Waals surface area (Å²) in [6.45, 7) is 10.6. The SMILES string of the molecule is CC(C)N(CCC(CN)(c1ccccc1)c1ccccn1)C(C)C. The van der Waals surface area contributed by atoms with E-state index < -0.39 is 0 Å². The van der Waals surface area contributed by atoms with Gasteiger partial charge in [0.15, 0.2) is 0 Å². The largest absolute Gasteiger partial charge is 0.329 e. The Morgan fingerprint density at radius 1 is 0.958 bits per heavy atom. The third-order valence-electron chi connectivity index (χ3n) is 4.95. The lowest BCUT2D eigenvalue weighted by Crippen LogP contribution is -2.44. The predicted molar refractivity (Wildman–Crippen MR) is 102 cm³/mol. The van der Waals surface area contributed by atoms with Crippen LogP contribution in [0, 0.1) is 0 Å². The van der Waals surface area contributed by atoms with Crippen molar-refractivity contribution in [2.45, 2.75) is 51.6 Å². The molecule has 1 aromatic heterocycles. The van der Waals surface area contributed by atoms with Gasteiger partial charge in [-0.25, -0.2) is 0 Å². The first-order valence-corrected chi connectivity index (χ1v) is 8.94. The van der Waals surface area contributed by atoms with Crippen LogP contribution >= 0.6 is 0 Å². The zero-order valence-corrected chi connectivity index (χ0v) is 15.4. The highest BCUT2D eigenvalue weighted by atomic mass is 15.2. The quantitative estimate of drug-likeness (QED) is 0.802. The molecule has 1 atom stereocenters. The minimum absolute atomic E-state index is 0.245. The number of pyridine rings is 1. The number of benzene rings is 1. The molecule has 0 aliphatic carbocycles.